The van der Waals surface area contributed by atoms with Gasteiger partial charge in [0, 0.05) is 12.1 Å². The normalized spacial score (nSPS) is 16.7. The van der Waals surface area contributed by atoms with Crippen molar-refractivity contribution in [2.45, 2.75) is 83.7 Å². The number of rotatable bonds is 9. The number of nitrogens with zero attached hydrogens (tertiary/aromatic N) is 1. The van der Waals surface area contributed by atoms with Crippen LogP contribution in [0.15, 0.2) is 0 Å². The average molecular weight is 298 g/mol. The Morgan fingerprint density at radius 1 is 1.19 bits per heavy atom. The maximum absolute atomic E-state index is 12.5. The zero-order valence-corrected chi connectivity index (χ0v) is 13.4. The summed E-state index contributed by atoms with van der Waals surface area (Å²) in [7, 11) is 0. The number of carbonyl (C=O) groups excluding carboxylic acids is 1. The maximum Gasteiger partial charge on any atom is 0.323 e. The average Bonchev–Trinajstić information content (AvgIpc) is 2.95. The molecule has 0 aromatic heterocycles. The Kier molecular flexibility index (Phi) is 8.16. The van der Waals surface area contributed by atoms with Crippen LogP contribution in [0.1, 0.15) is 71.6 Å². The first-order chi connectivity index (χ1) is 10.1. The summed E-state index contributed by atoms with van der Waals surface area (Å²) in [5, 5.41) is 12.1. The van der Waals surface area contributed by atoms with E-state index in [9.17, 15) is 9.59 Å². The van der Waals surface area contributed by atoms with Crippen molar-refractivity contribution in [3.05, 3.63) is 0 Å². The van der Waals surface area contributed by atoms with Crippen LogP contribution in [0.25, 0.3) is 0 Å². The van der Waals surface area contributed by atoms with E-state index in [1.807, 2.05) is 0 Å². The molecule has 1 aliphatic carbocycles. The summed E-state index contributed by atoms with van der Waals surface area (Å²) in [5.74, 6) is -0.933. The molecule has 1 rings (SSSR count). The van der Waals surface area contributed by atoms with Crippen LogP contribution in [0.5, 0.6) is 0 Å². The molecule has 0 radical (unpaired) electrons. The summed E-state index contributed by atoms with van der Waals surface area (Å²) < 4.78 is 0. The minimum atomic E-state index is -0.933. The smallest absolute Gasteiger partial charge is 0.323 e. The molecule has 1 aliphatic rings. The topological polar surface area (TPSA) is 69.6 Å². The second-order valence-corrected chi connectivity index (χ2v) is 6.04. The highest BCUT2D eigenvalue weighted by molar-refractivity contribution is 5.80. The zero-order valence-electron chi connectivity index (χ0n) is 13.4. The lowest BCUT2D eigenvalue weighted by molar-refractivity contribution is -0.138. The summed E-state index contributed by atoms with van der Waals surface area (Å²) in [6, 6.07) is 0.0635. The number of carboxylic acid groups (broad SMARTS) is 1. The second-order valence-electron chi connectivity index (χ2n) is 6.04. The van der Waals surface area contributed by atoms with Crippen LogP contribution in [0.4, 0.5) is 4.79 Å². The van der Waals surface area contributed by atoms with Crippen LogP contribution in [0.2, 0.25) is 0 Å². The molecule has 0 aliphatic heterocycles. The Balaban J connectivity index is 2.61. The molecule has 0 heterocycles. The molecule has 0 aromatic carbocycles. The van der Waals surface area contributed by atoms with Crippen molar-refractivity contribution in [3.63, 3.8) is 0 Å². The molecule has 1 saturated carbocycles. The first-order valence-corrected chi connectivity index (χ1v) is 8.37. The predicted octanol–water partition coefficient (Wildman–Crippen LogP) is 3.38. The molecule has 1 fully saturated rings. The molecular weight excluding hydrogens is 268 g/mol. The van der Waals surface area contributed by atoms with Crippen LogP contribution >= 0.6 is 0 Å². The van der Waals surface area contributed by atoms with E-state index >= 15 is 0 Å². The van der Waals surface area contributed by atoms with Crippen LogP contribution < -0.4 is 5.32 Å². The SMILES string of the molecule is CCCCC(CCC)NC(=O)N(CC(=O)O)C1CCCC1. The highest BCUT2D eigenvalue weighted by Crippen LogP contribution is 2.23. The van der Waals surface area contributed by atoms with Gasteiger partial charge < -0.3 is 15.3 Å². The standard InChI is InChI=1S/C16H30N2O3/c1-3-5-9-13(8-4-2)17-16(21)18(12-15(19)20)14-10-6-7-11-14/h13-14H,3-12H2,1-2H3,(H,17,21)(H,19,20). The van der Waals surface area contributed by atoms with Crippen molar-refractivity contribution in [1.82, 2.24) is 10.2 Å². The van der Waals surface area contributed by atoms with Crippen molar-refractivity contribution in [3.8, 4) is 0 Å². The Morgan fingerprint density at radius 3 is 2.38 bits per heavy atom. The van der Waals surface area contributed by atoms with Crippen LogP contribution in [0.3, 0.4) is 0 Å². The fourth-order valence-electron chi connectivity index (χ4n) is 3.07. The number of hydrogen-bond donors (Lipinski definition) is 2. The van der Waals surface area contributed by atoms with Crippen molar-refractivity contribution < 1.29 is 14.7 Å². The number of amides is 2. The number of carboxylic acids is 1. The van der Waals surface area contributed by atoms with Gasteiger partial charge in [-0.1, -0.05) is 46.0 Å². The fraction of sp³-hybridized carbons (Fsp3) is 0.875. The monoisotopic (exact) mass is 298 g/mol. The van der Waals surface area contributed by atoms with E-state index in [4.69, 9.17) is 5.11 Å². The molecule has 2 N–H and O–H groups in total. The van der Waals surface area contributed by atoms with Gasteiger partial charge in [0.15, 0.2) is 0 Å². The molecule has 1 atom stereocenters. The highest BCUT2D eigenvalue weighted by Gasteiger charge is 2.29. The molecule has 122 valence electrons. The predicted molar refractivity (Wildman–Crippen MR) is 83.4 cm³/mol. The van der Waals surface area contributed by atoms with Crippen LogP contribution in [0, 0.1) is 0 Å². The van der Waals surface area contributed by atoms with Gasteiger partial charge in [-0.25, -0.2) is 4.79 Å². The summed E-state index contributed by atoms with van der Waals surface area (Å²) in [6.45, 7) is 4.06. The van der Waals surface area contributed by atoms with Crippen LogP contribution in [-0.2, 0) is 4.79 Å². The lowest BCUT2D eigenvalue weighted by atomic mass is 10.1. The van der Waals surface area contributed by atoms with Gasteiger partial charge in [0.05, 0.1) is 0 Å². The van der Waals surface area contributed by atoms with E-state index in [1.165, 1.54) is 4.90 Å². The van der Waals surface area contributed by atoms with E-state index in [-0.39, 0.29) is 24.7 Å². The minimum Gasteiger partial charge on any atom is -0.480 e. The quantitative estimate of drug-likeness (QED) is 0.685. The maximum atomic E-state index is 12.5. The Hall–Kier alpha value is -1.26. The second kappa shape index (κ2) is 9.64. The van der Waals surface area contributed by atoms with Gasteiger partial charge in [-0.05, 0) is 25.7 Å². The lowest BCUT2D eigenvalue weighted by Gasteiger charge is -2.30. The largest absolute Gasteiger partial charge is 0.480 e. The molecule has 0 aromatic rings. The van der Waals surface area contributed by atoms with E-state index in [0.717, 1.165) is 57.8 Å². The number of aliphatic carboxylic acids is 1. The van der Waals surface area contributed by atoms with E-state index in [1.54, 1.807) is 0 Å². The van der Waals surface area contributed by atoms with Gasteiger partial charge in [0.2, 0.25) is 0 Å². The third-order valence-corrected chi connectivity index (χ3v) is 4.20. The molecule has 5 heteroatoms. The summed E-state index contributed by atoms with van der Waals surface area (Å²) in [6.07, 6.45) is 9.17. The molecule has 0 saturated heterocycles. The van der Waals surface area contributed by atoms with Crippen molar-refractivity contribution in [2.24, 2.45) is 0 Å². The summed E-state index contributed by atoms with van der Waals surface area (Å²) >= 11 is 0. The molecular formula is C16H30N2O3. The minimum absolute atomic E-state index is 0.0922. The number of hydrogen-bond acceptors (Lipinski definition) is 2. The van der Waals surface area contributed by atoms with E-state index < -0.39 is 5.97 Å². The molecule has 5 nitrogen and oxygen atoms in total. The van der Waals surface area contributed by atoms with Crippen molar-refractivity contribution >= 4 is 12.0 Å². The lowest BCUT2D eigenvalue weighted by Crippen LogP contribution is -2.50. The van der Waals surface area contributed by atoms with Crippen molar-refractivity contribution in [1.29, 1.82) is 0 Å². The Morgan fingerprint density at radius 2 is 1.86 bits per heavy atom. The molecule has 0 spiro atoms. The van der Waals surface area contributed by atoms with Gasteiger partial charge >= 0.3 is 12.0 Å². The third-order valence-electron chi connectivity index (χ3n) is 4.20. The first-order valence-electron chi connectivity index (χ1n) is 8.37. The highest BCUT2D eigenvalue weighted by atomic mass is 16.4. The van der Waals surface area contributed by atoms with Gasteiger partial charge in [-0.2, -0.15) is 0 Å². The third kappa shape index (κ3) is 6.36. The van der Waals surface area contributed by atoms with Gasteiger partial charge in [0.1, 0.15) is 6.54 Å². The van der Waals surface area contributed by atoms with E-state index in [0.29, 0.717) is 0 Å². The number of unbranched alkanes of at least 4 members (excludes halogenated alkanes) is 1. The Bertz CT molecular complexity index is 327. The Labute approximate surface area is 128 Å². The molecule has 0 bridgehead atoms. The number of carbonyl (C=O) groups is 2. The molecule has 1 unspecified atom stereocenters. The van der Waals surface area contributed by atoms with Crippen molar-refractivity contribution in [2.75, 3.05) is 6.54 Å². The summed E-state index contributed by atoms with van der Waals surface area (Å²) in [5.41, 5.74) is 0. The molecule has 2 amide bonds. The molecule has 21 heavy (non-hydrogen) atoms. The number of urea groups is 1. The van der Waals surface area contributed by atoms with Gasteiger partial charge in [-0.15, -0.1) is 0 Å². The van der Waals surface area contributed by atoms with Crippen LogP contribution in [-0.4, -0.2) is 40.6 Å². The van der Waals surface area contributed by atoms with Gasteiger partial charge in [0.25, 0.3) is 0 Å². The summed E-state index contributed by atoms with van der Waals surface area (Å²) in [4.78, 5) is 25.0. The van der Waals surface area contributed by atoms with Gasteiger partial charge in [-0.3, -0.25) is 4.79 Å². The fourth-order valence-corrected chi connectivity index (χ4v) is 3.07. The number of nitrogens with one attached hydrogen (secondary N) is 1. The zero-order chi connectivity index (χ0) is 15.7. The van der Waals surface area contributed by atoms with E-state index in [2.05, 4.69) is 19.2 Å². The first kappa shape index (κ1) is 17.8.